The van der Waals surface area contributed by atoms with Gasteiger partial charge in [0.15, 0.2) is 16.8 Å². The van der Waals surface area contributed by atoms with E-state index in [9.17, 15) is 8.78 Å². The van der Waals surface area contributed by atoms with Gasteiger partial charge in [-0.05, 0) is 43.4 Å². The Morgan fingerprint density at radius 1 is 1.24 bits per heavy atom. The third-order valence-corrected chi connectivity index (χ3v) is 5.15. The van der Waals surface area contributed by atoms with Crippen molar-refractivity contribution in [1.82, 2.24) is 14.5 Å². The van der Waals surface area contributed by atoms with Crippen LogP contribution in [0.2, 0.25) is 0 Å². The summed E-state index contributed by atoms with van der Waals surface area (Å²) in [4.78, 5) is 9.20. The maximum Gasteiger partial charge on any atom is 0.191 e. The van der Waals surface area contributed by atoms with Gasteiger partial charge in [-0.1, -0.05) is 17.8 Å². The van der Waals surface area contributed by atoms with Crippen molar-refractivity contribution in [2.45, 2.75) is 37.0 Å². The number of anilines is 1. The van der Waals surface area contributed by atoms with Gasteiger partial charge in [0, 0.05) is 24.7 Å². The second kappa shape index (κ2) is 6.29. The molecule has 4 rings (SSSR count). The Balaban J connectivity index is 1.61. The molecule has 0 spiro atoms. The van der Waals surface area contributed by atoms with Crippen molar-refractivity contribution in [3.63, 3.8) is 0 Å². The van der Waals surface area contributed by atoms with E-state index >= 15 is 0 Å². The first-order valence-electron chi connectivity index (χ1n) is 8.23. The fourth-order valence-electron chi connectivity index (χ4n) is 3.14. The lowest BCUT2D eigenvalue weighted by Gasteiger charge is -2.09. The second-order valence-electron chi connectivity index (χ2n) is 6.16. The van der Waals surface area contributed by atoms with Crippen molar-refractivity contribution in [1.29, 1.82) is 0 Å². The van der Waals surface area contributed by atoms with Gasteiger partial charge >= 0.3 is 0 Å². The van der Waals surface area contributed by atoms with Crippen LogP contribution < -0.4 is 5.32 Å². The van der Waals surface area contributed by atoms with Gasteiger partial charge in [-0.2, -0.15) is 0 Å². The van der Waals surface area contributed by atoms with Crippen LogP contribution in [0.5, 0.6) is 0 Å². The first-order chi connectivity index (χ1) is 12.1. The Morgan fingerprint density at radius 3 is 2.80 bits per heavy atom. The van der Waals surface area contributed by atoms with Crippen molar-refractivity contribution in [3.8, 4) is 0 Å². The summed E-state index contributed by atoms with van der Waals surface area (Å²) in [5.74, 6) is -0.628. The van der Waals surface area contributed by atoms with Crippen molar-refractivity contribution < 1.29 is 8.78 Å². The summed E-state index contributed by atoms with van der Waals surface area (Å²) >= 11 is 1.50. The molecule has 0 aliphatic heterocycles. The van der Waals surface area contributed by atoms with Crippen LogP contribution in [0.1, 0.15) is 24.8 Å². The van der Waals surface area contributed by atoms with E-state index in [2.05, 4.69) is 26.8 Å². The average Bonchev–Trinajstić information content (AvgIpc) is 3.25. The predicted molar refractivity (Wildman–Crippen MR) is 96.1 cm³/mol. The fraction of sp³-hybridized carbons (Fsp3) is 0.333. The van der Waals surface area contributed by atoms with Gasteiger partial charge < -0.3 is 9.88 Å². The summed E-state index contributed by atoms with van der Waals surface area (Å²) in [6.45, 7) is 2.92. The Labute approximate surface area is 148 Å². The molecule has 1 aliphatic carbocycles. The molecule has 1 fully saturated rings. The van der Waals surface area contributed by atoms with Gasteiger partial charge in [0.05, 0.1) is 5.39 Å². The summed E-state index contributed by atoms with van der Waals surface area (Å²) in [7, 11) is 0. The number of aryl methyl sites for hydroxylation is 1. The lowest BCUT2D eigenvalue weighted by molar-refractivity contribution is 0.507. The predicted octanol–water partition coefficient (Wildman–Crippen LogP) is 4.42. The summed E-state index contributed by atoms with van der Waals surface area (Å²) in [5, 5.41) is 5.16. The number of benzene rings is 1. The number of nitrogens with zero attached hydrogens (tertiary/aromatic N) is 3. The molecule has 1 aliphatic rings. The zero-order valence-corrected chi connectivity index (χ0v) is 14.8. The number of rotatable bonds is 5. The van der Waals surface area contributed by atoms with E-state index in [1.54, 1.807) is 6.07 Å². The highest BCUT2D eigenvalue weighted by Gasteiger charge is 2.39. The normalized spacial score (nSPS) is 19.4. The van der Waals surface area contributed by atoms with Gasteiger partial charge in [-0.3, -0.25) is 0 Å². The standard InChI is InChI=1S/C18H18F2N4S/c1-3-24-7-6-11-16(22-18(25-2)23-17(11)24)21-15-9-12(15)10-4-5-13(19)14(20)8-10/h4-8,12,15H,3,9H2,1-2H3,(H,21,22,23)/t12?,15-/m1/s1. The molecule has 4 nitrogen and oxygen atoms in total. The minimum atomic E-state index is -0.808. The molecule has 1 N–H and O–H groups in total. The highest BCUT2D eigenvalue weighted by Crippen LogP contribution is 2.43. The number of thioether (sulfide) groups is 1. The van der Waals surface area contributed by atoms with Crippen molar-refractivity contribution in [2.24, 2.45) is 0 Å². The summed E-state index contributed by atoms with van der Waals surface area (Å²) < 4.78 is 28.6. The van der Waals surface area contributed by atoms with Crippen molar-refractivity contribution in [2.75, 3.05) is 11.6 Å². The minimum absolute atomic E-state index is 0.169. The number of hydrogen-bond donors (Lipinski definition) is 1. The number of halogens is 2. The van der Waals surface area contributed by atoms with E-state index in [1.165, 1.54) is 23.9 Å². The first kappa shape index (κ1) is 16.3. The van der Waals surface area contributed by atoms with E-state index in [-0.39, 0.29) is 12.0 Å². The fourth-order valence-corrected chi connectivity index (χ4v) is 3.50. The average molecular weight is 360 g/mol. The molecule has 1 unspecified atom stereocenters. The molecule has 25 heavy (non-hydrogen) atoms. The molecule has 2 atom stereocenters. The van der Waals surface area contributed by atoms with Crippen molar-refractivity contribution >= 4 is 28.6 Å². The molecule has 130 valence electrons. The smallest absolute Gasteiger partial charge is 0.191 e. The molecule has 0 saturated heterocycles. The molecule has 1 saturated carbocycles. The topological polar surface area (TPSA) is 42.7 Å². The second-order valence-corrected chi connectivity index (χ2v) is 6.94. The van der Waals surface area contributed by atoms with Gasteiger partial charge in [-0.15, -0.1) is 0 Å². The summed E-state index contributed by atoms with van der Waals surface area (Å²) in [6, 6.07) is 6.32. The van der Waals surface area contributed by atoms with Gasteiger partial charge in [-0.25, -0.2) is 18.7 Å². The highest BCUT2D eigenvalue weighted by molar-refractivity contribution is 7.98. The Morgan fingerprint density at radius 2 is 2.08 bits per heavy atom. The van der Waals surface area contributed by atoms with E-state index in [1.807, 2.05) is 18.5 Å². The van der Waals surface area contributed by atoms with Crippen LogP contribution in [-0.2, 0) is 6.54 Å². The molecule has 0 amide bonds. The maximum absolute atomic E-state index is 13.4. The lowest BCUT2D eigenvalue weighted by atomic mass is 10.1. The zero-order valence-electron chi connectivity index (χ0n) is 14.0. The minimum Gasteiger partial charge on any atom is -0.366 e. The quantitative estimate of drug-likeness (QED) is 0.540. The third-order valence-electron chi connectivity index (χ3n) is 4.61. The zero-order chi connectivity index (χ0) is 17.6. The number of fused-ring (bicyclic) bond motifs is 1. The Bertz CT molecular complexity index is 940. The first-order valence-corrected chi connectivity index (χ1v) is 9.45. The van der Waals surface area contributed by atoms with Crippen LogP contribution in [0.25, 0.3) is 11.0 Å². The Hall–Kier alpha value is -2.15. The number of aromatic nitrogens is 3. The Kier molecular flexibility index (Phi) is 4.11. The molecule has 7 heteroatoms. The van der Waals surface area contributed by atoms with E-state index in [0.717, 1.165) is 35.4 Å². The molecular formula is C18H18F2N4S. The molecular weight excluding hydrogens is 342 g/mol. The van der Waals surface area contributed by atoms with Crippen LogP contribution in [0.3, 0.4) is 0 Å². The highest BCUT2D eigenvalue weighted by atomic mass is 32.2. The van der Waals surface area contributed by atoms with Gasteiger partial charge in [0.1, 0.15) is 11.5 Å². The monoisotopic (exact) mass is 360 g/mol. The molecule has 1 aromatic carbocycles. The molecule has 2 aromatic heterocycles. The van der Waals surface area contributed by atoms with Crippen molar-refractivity contribution in [3.05, 3.63) is 47.7 Å². The maximum atomic E-state index is 13.4. The third kappa shape index (κ3) is 2.97. The van der Waals surface area contributed by atoms with Crippen LogP contribution in [0.4, 0.5) is 14.6 Å². The lowest BCUT2D eigenvalue weighted by Crippen LogP contribution is -2.08. The molecule has 0 radical (unpaired) electrons. The summed E-state index contributed by atoms with van der Waals surface area (Å²) in [5.41, 5.74) is 1.73. The van der Waals surface area contributed by atoms with Gasteiger partial charge in [0.2, 0.25) is 0 Å². The SMILES string of the molecule is CCn1ccc2c(N[C@@H]3CC3c3ccc(F)c(F)c3)nc(SC)nc21. The largest absolute Gasteiger partial charge is 0.366 e. The molecule has 2 heterocycles. The van der Waals surface area contributed by atoms with Gasteiger partial charge in [0.25, 0.3) is 0 Å². The van der Waals surface area contributed by atoms with E-state index in [4.69, 9.17) is 0 Å². The van der Waals surface area contributed by atoms with E-state index < -0.39 is 11.6 Å². The van der Waals surface area contributed by atoms with Crippen LogP contribution >= 0.6 is 11.8 Å². The molecule has 3 aromatic rings. The van der Waals surface area contributed by atoms with Crippen LogP contribution in [0.15, 0.2) is 35.6 Å². The summed E-state index contributed by atoms with van der Waals surface area (Å²) in [6.07, 6.45) is 4.83. The number of nitrogens with one attached hydrogen (secondary N) is 1. The van der Waals surface area contributed by atoms with Crippen LogP contribution in [0, 0.1) is 11.6 Å². The van der Waals surface area contributed by atoms with E-state index in [0.29, 0.717) is 5.16 Å². The molecule has 0 bridgehead atoms. The number of hydrogen-bond acceptors (Lipinski definition) is 4. The van der Waals surface area contributed by atoms with Crippen LogP contribution in [-0.4, -0.2) is 26.8 Å².